The Labute approximate surface area is 143 Å². The highest BCUT2D eigenvalue weighted by molar-refractivity contribution is 7.98. The summed E-state index contributed by atoms with van der Waals surface area (Å²) in [6.45, 7) is 1.13. The molecule has 4 nitrogen and oxygen atoms in total. The fourth-order valence-electron chi connectivity index (χ4n) is 2.21. The van der Waals surface area contributed by atoms with E-state index < -0.39 is 0 Å². The molecule has 0 spiro atoms. The SMILES string of the molecule is Clc1ccc(CSc2nnc([C@@H]3CCC[NH2+]3)o2)c(Cl)c1.[Cl-]. The maximum Gasteiger partial charge on any atom is 0.277 e. The minimum Gasteiger partial charge on any atom is -1.00 e. The van der Waals surface area contributed by atoms with Crippen molar-refractivity contribution in [1.29, 1.82) is 0 Å². The van der Waals surface area contributed by atoms with Crippen LogP contribution >= 0.6 is 35.0 Å². The zero-order valence-electron chi connectivity index (χ0n) is 11.1. The average molecular weight is 367 g/mol. The molecule has 2 aromatic rings. The van der Waals surface area contributed by atoms with Crippen LogP contribution in [-0.4, -0.2) is 16.7 Å². The fourth-order valence-corrected chi connectivity index (χ4v) is 3.53. The summed E-state index contributed by atoms with van der Waals surface area (Å²) in [6.07, 6.45) is 2.31. The highest BCUT2D eigenvalue weighted by Crippen LogP contribution is 2.29. The quantitative estimate of drug-likeness (QED) is 0.778. The first-order chi connectivity index (χ1) is 9.72. The topological polar surface area (TPSA) is 55.5 Å². The van der Waals surface area contributed by atoms with Crippen molar-refractivity contribution in [3.63, 3.8) is 0 Å². The minimum absolute atomic E-state index is 0. The maximum absolute atomic E-state index is 6.14. The van der Waals surface area contributed by atoms with Crippen molar-refractivity contribution in [3.05, 3.63) is 39.7 Å². The van der Waals surface area contributed by atoms with Gasteiger partial charge in [-0.2, -0.15) is 0 Å². The molecule has 1 atom stereocenters. The molecule has 0 amide bonds. The lowest BCUT2D eigenvalue weighted by atomic mass is 10.2. The van der Waals surface area contributed by atoms with Crippen LogP contribution in [0.2, 0.25) is 10.0 Å². The molecule has 0 unspecified atom stereocenters. The molecule has 8 heteroatoms. The minimum atomic E-state index is 0. The van der Waals surface area contributed by atoms with Gasteiger partial charge < -0.3 is 22.1 Å². The molecule has 0 aliphatic carbocycles. The van der Waals surface area contributed by atoms with E-state index >= 15 is 0 Å². The zero-order valence-corrected chi connectivity index (χ0v) is 14.1. The summed E-state index contributed by atoms with van der Waals surface area (Å²) in [7, 11) is 0. The summed E-state index contributed by atoms with van der Waals surface area (Å²) >= 11 is 13.5. The lowest BCUT2D eigenvalue weighted by molar-refractivity contribution is -0.678. The normalized spacial score (nSPS) is 17.7. The number of quaternary nitrogens is 1. The third-order valence-corrected chi connectivity index (χ3v) is 4.73. The van der Waals surface area contributed by atoms with Gasteiger partial charge in [0.25, 0.3) is 11.1 Å². The predicted octanol–water partition coefficient (Wildman–Crippen LogP) is 0.0710. The summed E-state index contributed by atoms with van der Waals surface area (Å²) in [6, 6.07) is 5.82. The van der Waals surface area contributed by atoms with E-state index in [0.29, 0.717) is 27.1 Å². The number of nitrogens with zero attached hydrogens (tertiary/aromatic N) is 2. The molecule has 1 fully saturated rings. The molecule has 3 rings (SSSR count). The number of thioether (sulfide) groups is 1. The van der Waals surface area contributed by atoms with E-state index in [0.717, 1.165) is 24.4 Å². The van der Waals surface area contributed by atoms with E-state index in [1.54, 1.807) is 6.07 Å². The third kappa shape index (κ3) is 4.27. The summed E-state index contributed by atoms with van der Waals surface area (Å²) in [5.74, 6) is 1.42. The van der Waals surface area contributed by atoms with E-state index in [9.17, 15) is 0 Å². The first-order valence-corrected chi connectivity index (χ1v) is 8.20. The van der Waals surface area contributed by atoms with E-state index in [2.05, 4.69) is 15.5 Å². The molecule has 114 valence electrons. The molecule has 1 aromatic heterocycles. The van der Waals surface area contributed by atoms with Crippen molar-refractivity contribution in [1.82, 2.24) is 10.2 Å². The summed E-state index contributed by atoms with van der Waals surface area (Å²) in [4.78, 5) is 0. The average Bonchev–Trinajstić information content (AvgIpc) is 3.08. The Morgan fingerprint density at radius 1 is 1.33 bits per heavy atom. The van der Waals surface area contributed by atoms with Crippen LogP contribution in [0.5, 0.6) is 0 Å². The van der Waals surface area contributed by atoms with Crippen molar-refractivity contribution >= 4 is 35.0 Å². The Balaban J connectivity index is 0.00000161. The molecule has 1 aliphatic rings. The van der Waals surface area contributed by atoms with Crippen molar-refractivity contribution < 1.29 is 22.1 Å². The predicted molar refractivity (Wildman–Crippen MR) is 79.1 cm³/mol. The summed E-state index contributed by atoms with van der Waals surface area (Å²) in [5.41, 5.74) is 1.01. The number of benzene rings is 1. The van der Waals surface area contributed by atoms with Gasteiger partial charge in [0.15, 0.2) is 6.04 Å². The molecule has 2 heterocycles. The van der Waals surface area contributed by atoms with Crippen LogP contribution in [0.15, 0.2) is 27.8 Å². The Hall–Kier alpha value is -0.460. The molecule has 0 radical (unpaired) electrons. The van der Waals surface area contributed by atoms with Crippen LogP contribution in [0.25, 0.3) is 0 Å². The lowest BCUT2D eigenvalue weighted by Gasteiger charge is -2.02. The highest BCUT2D eigenvalue weighted by atomic mass is 35.5. The molecule has 0 saturated carbocycles. The molecule has 1 saturated heterocycles. The first-order valence-electron chi connectivity index (χ1n) is 6.46. The van der Waals surface area contributed by atoms with Crippen molar-refractivity contribution in [2.75, 3.05) is 6.54 Å². The zero-order chi connectivity index (χ0) is 13.9. The molecule has 1 aliphatic heterocycles. The van der Waals surface area contributed by atoms with Crippen molar-refractivity contribution in [2.24, 2.45) is 0 Å². The van der Waals surface area contributed by atoms with Gasteiger partial charge in [-0.15, -0.1) is 10.2 Å². The Bertz CT molecular complexity index is 602. The van der Waals surface area contributed by atoms with Gasteiger partial charge in [0.1, 0.15) is 0 Å². The Morgan fingerprint density at radius 3 is 2.90 bits per heavy atom. The number of aromatic nitrogens is 2. The first kappa shape index (κ1) is 16.9. The van der Waals surface area contributed by atoms with E-state index in [4.69, 9.17) is 27.6 Å². The van der Waals surface area contributed by atoms with Crippen molar-refractivity contribution in [3.8, 4) is 0 Å². The summed E-state index contributed by atoms with van der Waals surface area (Å²) < 4.78 is 5.69. The largest absolute Gasteiger partial charge is 1.00 e. The Morgan fingerprint density at radius 2 is 2.19 bits per heavy atom. The van der Waals surface area contributed by atoms with E-state index in [1.807, 2.05) is 12.1 Å². The number of hydrogen-bond acceptors (Lipinski definition) is 4. The monoisotopic (exact) mass is 365 g/mol. The van der Waals surface area contributed by atoms with Gasteiger partial charge in [0.05, 0.1) is 6.54 Å². The van der Waals surface area contributed by atoms with E-state index in [-0.39, 0.29) is 12.4 Å². The van der Waals surface area contributed by atoms with Gasteiger partial charge >= 0.3 is 0 Å². The van der Waals surface area contributed by atoms with Gasteiger partial charge in [0, 0.05) is 28.6 Å². The second kappa shape index (κ2) is 7.70. The lowest BCUT2D eigenvalue weighted by Crippen LogP contribution is -3.00. The van der Waals surface area contributed by atoms with Crippen LogP contribution in [0.1, 0.15) is 30.3 Å². The van der Waals surface area contributed by atoms with Crippen molar-refractivity contribution in [2.45, 2.75) is 29.9 Å². The van der Waals surface area contributed by atoms with Gasteiger partial charge in [0.2, 0.25) is 0 Å². The standard InChI is InChI=1S/C13H13Cl2N3OS.ClH/c14-9-4-3-8(10(15)6-9)7-20-13-18-17-12(19-13)11-2-1-5-16-11;/h3-4,6,11,16H,1-2,5,7H2;1H/t11-;/m0./s1. The van der Waals surface area contributed by atoms with Crippen LogP contribution in [0.4, 0.5) is 0 Å². The van der Waals surface area contributed by atoms with Crippen LogP contribution in [0.3, 0.4) is 0 Å². The molecular formula is C13H14Cl3N3OS. The number of halogens is 3. The second-order valence-corrected chi connectivity index (χ2v) is 6.47. The second-order valence-electron chi connectivity index (χ2n) is 4.70. The maximum atomic E-state index is 6.14. The highest BCUT2D eigenvalue weighted by Gasteiger charge is 2.26. The van der Waals surface area contributed by atoms with E-state index in [1.165, 1.54) is 18.2 Å². The third-order valence-electron chi connectivity index (χ3n) is 3.28. The van der Waals surface area contributed by atoms with Gasteiger partial charge in [-0.1, -0.05) is 41.0 Å². The van der Waals surface area contributed by atoms with Gasteiger partial charge in [-0.25, -0.2) is 0 Å². The molecule has 0 bridgehead atoms. The fraction of sp³-hybridized carbons (Fsp3) is 0.385. The van der Waals surface area contributed by atoms with Crippen LogP contribution in [-0.2, 0) is 5.75 Å². The molecule has 21 heavy (non-hydrogen) atoms. The van der Waals surface area contributed by atoms with Gasteiger partial charge in [-0.3, -0.25) is 0 Å². The molecule has 1 aromatic carbocycles. The summed E-state index contributed by atoms with van der Waals surface area (Å²) in [5, 5.41) is 12.3. The smallest absolute Gasteiger partial charge is 0.277 e. The Kier molecular flexibility index (Phi) is 6.20. The van der Waals surface area contributed by atoms with Crippen LogP contribution in [0, 0.1) is 0 Å². The molecular weight excluding hydrogens is 353 g/mol. The number of hydrogen-bond donors (Lipinski definition) is 1. The number of nitrogens with two attached hydrogens (primary N) is 1. The molecule has 2 N–H and O–H groups in total. The number of rotatable bonds is 4. The van der Waals surface area contributed by atoms with Crippen LogP contribution < -0.4 is 17.7 Å². The van der Waals surface area contributed by atoms with Gasteiger partial charge in [-0.05, 0) is 17.7 Å².